The molecule has 0 radical (unpaired) electrons. The SMILES string of the molecule is O=C(N[C@H]1CCN(CC2CCCC2)C1)[C@H]1CCCN(C(=O)C2CC2)C1. The van der Waals surface area contributed by atoms with Gasteiger partial charge in [-0.15, -0.1) is 0 Å². The fourth-order valence-electron chi connectivity index (χ4n) is 4.97. The summed E-state index contributed by atoms with van der Waals surface area (Å²) in [7, 11) is 0. The van der Waals surface area contributed by atoms with E-state index in [4.69, 9.17) is 0 Å². The van der Waals surface area contributed by atoms with E-state index in [1.165, 1.54) is 32.2 Å². The Balaban J connectivity index is 1.22. The van der Waals surface area contributed by atoms with Gasteiger partial charge in [0.2, 0.25) is 11.8 Å². The third-order valence-electron chi connectivity index (χ3n) is 6.64. The van der Waals surface area contributed by atoms with Crippen molar-refractivity contribution in [3.05, 3.63) is 0 Å². The molecule has 0 unspecified atom stereocenters. The van der Waals surface area contributed by atoms with Gasteiger partial charge >= 0.3 is 0 Å². The molecule has 5 heteroatoms. The normalized spacial score (nSPS) is 31.4. The Labute approximate surface area is 151 Å². The Morgan fingerprint density at radius 2 is 1.64 bits per heavy atom. The van der Waals surface area contributed by atoms with Gasteiger partial charge in [-0.2, -0.15) is 0 Å². The molecule has 2 aliphatic heterocycles. The molecule has 2 atom stereocenters. The van der Waals surface area contributed by atoms with E-state index < -0.39 is 0 Å². The minimum absolute atomic E-state index is 0.000307. The summed E-state index contributed by atoms with van der Waals surface area (Å²) in [5.74, 6) is 1.62. The summed E-state index contributed by atoms with van der Waals surface area (Å²) in [6.07, 6.45) is 10.6. The van der Waals surface area contributed by atoms with Gasteiger partial charge in [-0.05, 0) is 50.9 Å². The van der Waals surface area contributed by atoms with Crippen molar-refractivity contribution in [2.24, 2.45) is 17.8 Å². The van der Waals surface area contributed by atoms with E-state index in [0.717, 1.165) is 57.7 Å². The van der Waals surface area contributed by atoms with Crippen molar-refractivity contribution in [2.75, 3.05) is 32.7 Å². The van der Waals surface area contributed by atoms with Crippen LogP contribution in [-0.4, -0.2) is 60.4 Å². The summed E-state index contributed by atoms with van der Waals surface area (Å²) in [4.78, 5) is 29.5. The minimum Gasteiger partial charge on any atom is -0.352 e. The Bertz CT molecular complexity index is 499. The van der Waals surface area contributed by atoms with E-state index >= 15 is 0 Å². The monoisotopic (exact) mass is 347 g/mol. The van der Waals surface area contributed by atoms with Crippen LogP contribution in [0.3, 0.4) is 0 Å². The number of nitrogens with zero attached hydrogens (tertiary/aromatic N) is 2. The zero-order valence-corrected chi connectivity index (χ0v) is 15.4. The third-order valence-corrected chi connectivity index (χ3v) is 6.64. The Morgan fingerprint density at radius 3 is 2.40 bits per heavy atom. The van der Waals surface area contributed by atoms with E-state index in [-0.39, 0.29) is 17.7 Å². The molecule has 0 bridgehead atoms. The maximum Gasteiger partial charge on any atom is 0.225 e. The van der Waals surface area contributed by atoms with Gasteiger partial charge < -0.3 is 15.1 Å². The third kappa shape index (κ3) is 4.36. The summed E-state index contributed by atoms with van der Waals surface area (Å²) in [5, 5.41) is 3.29. The van der Waals surface area contributed by atoms with Crippen molar-refractivity contribution in [3.8, 4) is 0 Å². The van der Waals surface area contributed by atoms with Crippen LogP contribution in [0.25, 0.3) is 0 Å². The zero-order valence-electron chi connectivity index (χ0n) is 15.4. The van der Waals surface area contributed by atoms with E-state index in [1.807, 2.05) is 4.90 Å². The maximum absolute atomic E-state index is 12.7. The topological polar surface area (TPSA) is 52.7 Å². The molecule has 25 heavy (non-hydrogen) atoms. The molecule has 140 valence electrons. The highest BCUT2D eigenvalue weighted by atomic mass is 16.2. The molecule has 0 aromatic rings. The van der Waals surface area contributed by atoms with Crippen LogP contribution in [0, 0.1) is 17.8 Å². The second kappa shape index (κ2) is 7.65. The number of hydrogen-bond donors (Lipinski definition) is 1. The molecule has 2 saturated heterocycles. The predicted molar refractivity (Wildman–Crippen MR) is 97.0 cm³/mol. The van der Waals surface area contributed by atoms with Crippen molar-refractivity contribution in [1.29, 1.82) is 0 Å². The molecule has 4 aliphatic rings. The first-order chi connectivity index (χ1) is 12.2. The molecule has 4 rings (SSSR count). The average molecular weight is 348 g/mol. The molecular formula is C20H33N3O2. The summed E-state index contributed by atoms with van der Waals surface area (Å²) < 4.78 is 0. The first kappa shape index (κ1) is 17.3. The van der Waals surface area contributed by atoms with Crippen LogP contribution in [-0.2, 0) is 9.59 Å². The number of amides is 2. The lowest BCUT2D eigenvalue weighted by atomic mass is 9.96. The van der Waals surface area contributed by atoms with E-state index in [9.17, 15) is 9.59 Å². The van der Waals surface area contributed by atoms with Gasteiger partial charge in [0, 0.05) is 44.7 Å². The van der Waals surface area contributed by atoms with Gasteiger partial charge in [-0.25, -0.2) is 0 Å². The van der Waals surface area contributed by atoms with Crippen LogP contribution >= 0.6 is 0 Å². The lowest BCUT2D eigenvalue weighted by Crippen LogP contribution is -2.48. The molecule has 2 amide bonds. The largest absolute Gasteiger partial charge is 0.352 e. The first-order valence-electron chi connectivity index (χ1n) is 10.5. The number of likely N-dealkylation sites (tertiary alicyclic amines) is 2. The van der Waals surface area contributed by atoms with Crippen molar-refractivity contribution >= 4 is 11.8 Å². The van der Waals surface area contributed by atoms with Gasteiger partial charge in [0.25, 0.3) is 0 Å². The van der Waals surface area contributed by atoms with Crippen LogP contribution in [0.15, 0.2) is 0 Å². The molecule has 1 N–H and O–H groups in total. The summed E-state index contributed by atoms with van der Waals surface area (Å²) >= 11 is 0. The highest BCUT2D eigenvalue weighted by Gasteiger charge is 2.37. The second-order valence-electron chi connectivity index (χ2n) is 8.80. The van der Waals surface area contributed by atoms with E-state index in [2.05, 4.69) is 10.2 Å². The number of nitrogens with one attached hydrogen (secondary N) is 1. The highest BCUT2D eigenvalue weighted by Crippen LogP contribution is 2.32. The maximum atomic E-state index is 12.7. The van der Waals surface area contributed by atoms with Gasteiger partial charge in [0.05, 0.1) is 5.92 Å². The zero-order chi connectivity index (χ0) is 17.2. The van der Waals surface area contributed by atoms with Crippen LogP contribution in [0.2, 0.25) is 0 Å². The predicted octanol–water partition coefficient (Wildman–Crippen LogP) is 2.02. The first-order valence-corrected chi connectivity index (χ1v) is 10.5. The Morgan fingerprint density at radius 1 is 0.840 bits per heavy atom. The Kier molecular flexibility index (Phi) is 5.30. The van der Waals surface area contributed by atoms with E-state index in [1.54, 1.807) is 0 Å². The smallest absolute Gasteiger partial charge is 0.225 e. The lowest BCUT2D eigenvalue weighted by molar-refractivity contribution is -0.137. The van der Waals surface area contributed by atoms with Crippen molar-refractivity contribution < 1.29 is 9.59 Å². The van der Waals surface area contributed by atoms with Gasteiger partial charge in [0.15, 0.2) is 0 Å². The number of carbonyl (C=O) groups excluding carboxylic acids is 2. The number of rotatable bonds is 5. The van der Waals surface area contributed by atoms with Crippen LogP contribution in [0.1, 0.15) is 57.8 Å². The van der Waals surface area contributed by atoms with Gasteiger partial charge in [0.1, 0.15) is 0 Å². The molecule has 5 nitrogen and oxygen atoms in total. The van der Waals surface area contributed by atoms with Crippen molar-refractivity contribution in [1.82, 2.24) is 15.1 Å². The van der Waals surface area contributed by atoms with E-state index in [0.29, 0.717) is 18.5 Å². The minimum atomic E-state index is 0.000307. The number of piperidine rings is 1. The summed E-state index contributed by atoms with van der Waals surface area (Å²) in [5.41, 5.74) is 0. The van der Waals surface area contributed by atoms with Crippen LogP contribution < -0.4 is 5.32 Å². The lowest BCUT2D eigenvalue weighted by Gasteiger charge is -2.32. The molecule has 2 heterocycles. The number of hydrogen-bond acceptors (Lipinski definition) is 3. The van der Waals surface area contributed by atoms with Crippen molar-refractivity contribution in [2.45, 2.75) is 63.8 Å². The average Bonchev–Trinajstić information content (AvgIpc) is 3.19. The van der Waals surface area contributed by atoms with Crippen LogP contribution in [0.4, 0.5) is 0 Å². The Hall–Kier alpha value is -1.10. The van der Waals surface area contributed by atoms with Gasteiger partial charge in [-0.3, -0.25) is 9.59 Å². The molecule has 0 aromatic heterocycles. The molecule has 2 aliphatic carbocycles. The molecular weight excluding hydrogens is 314 g/mol. The second-order valence-corrected chi connectivity index (χ2v) is 8.80. The fraction of sp³-hybridized carbons (Fsp3) is 0.900. The highest BCUT2D eigenvalue weighted by molar-refractivity contribution is 5.83. The van der Waals surface area contributed by atoms with Gasteiger partial charge in [-0.1, -0.05) is 12.8 Å². The van der Waals surface area contributed by atoms with Crippen LogP contribution in [0.5, 0.6) is 0 Å². The summed E-state index contributed by atoms with van der Waals surface area (Å²) in [6, 6.07) is 0.309. The molecule has 0 aromatic carbocycles. The quantitative estimate of drug-likeness (QED) is 0.828. The molecule has 0 spiro atoms. The standard InChI is InChI=1S/C20H33N3O2/c24-19(17-6-3-10-23(13-17)20(25)16-7-8-16)21-18-9-11-22(14-18)12-15-4-1-2-5-15/h15-18H,1-14H2,(H,21,24)/t17-,18-/m0/s1. The van der Waals surface area contributed by atoms with Crippen molar-refractivity contribution in [3.63, 3.8) is 0 Å². The summed E-state index contributed by atoms with van der Waals surface area (Å²) in [6.45, 7) is 4.84. The number of carbonyl (C=O) groups is 2. The fourth-order valence-corrected chi connectivity index (χ4v) is 4.97. The molecule has 4 fully saturated rings. The molecule has 2 saturated carbocycles.